The van der Waals surface area contributed by atoms with Gasteiger partial charge in [-0.15, -0.1) is 0 Å². The number of rotatable bonds is 4. The Balaban J connectivity index is 2.23. The van der Waals surface area contributed by atoms with Crippen LogP contribution in [0.15, 0.2) is 34.1 Å². The summed E-state index contributed by atoms with van der Waals surface area (Å²) in [5.41, 5.74) is 9.50. The third kappa shape index (κ3) is 4.18. The Labute approximate surface area is 129 Å². The van der Waals surface area contributed by atoms with E-state index >= 15 is 0 Å². The molecule has 2 aromatic rings. The molecule has 1 heterocycles. The van der Waals surface area contributed by atoms with Crippen LogP contribution in [0.5, 0.6) is 0 Å². The van der Waals surface area contributed by atoms with Crippen LogP contribution in [0.2, 0.25) is 0 Å². The molecule has 0 unspecified atom stereocenters. The second-order valence-electron chi connectivity index (χ2n) is 5.25. The summed E-state index contributed by atoms with van der Waals surface area (Å²) < 4.78 is 0. The lowest BCUT2D eigenvalue weighted by Gasteiger charge is -2.09. The summed E-state index contributed by atoms with van der Waals surface area (Å²) in [6.07, 6.45) is 1.65. The molecular formula is C16H21N5O. The third-order valence-corrected chi connectivity index (χ3v) is 3.16. The van der Waals surface area contributed by atoms with Crippen LogP contribution in [-0.4, -0.2) is 15.9 Å². The molecule has 0 aliphatic rings. The number of guanidine groups is 1. The van der Waals surface area contributed by atoms with Crippen molar-refractivity contribution in [2.24, 2.45) is 10.7 Å². The number of aryl methyl sites for hydroxylation is 3. The number of nitrogens with zero attached hydrogens (tertiary/aromatic N) is 2. The number of anilines is 1. The van der Waals surface area contributed by atoms with Crippen LogP contribution in [0.4, 0.5) is 11.6 Å². The van der Waals surface area contributed by atoms with Crippen LogP contribution in [0.3, 0.4) is 0 Å². The molecular weight excluding hydrogens is 278 g/mol. The van der Waals surface area contributed by atoms with Crippen molar-refractivity contribution in [3.05, 3.63) is 51.4 Å². The van der Waals surface area contributed by atoms with Gasteiger partial charge in [0.15, 0.2) is 0 Å². The fraction of sp³-hybridized carbons (Fsp3) is 0.312. The van der Waals surface area contributed by atoms with Gasteiger partial charge in [0.2, 0.25) is 11.9 Å². The van der Waals surface area contributed by atoms with Gasteiger partial charge in [0.25, 0.3) is 5.56 Å². The number of benzene rings is 1. The molecule has 22 heavy (non-hydrogen) atoms. The summed E-state index contributed by atoms with van der Waals surface area (Å²) in [4.78, 5) is 22.6. The second-order valence-corrected chi connectivity index (χ2v) is 5.25. The molecule has 0 saturated heterocycles. The second kappa shape index (κ2) is 6.89. The fourth-order valence-electron chi connectivity index (χ4n) is 2.16. The average Bonchev–Trinajstić information content (AvgIpc) is 2.41. The summed E-state index contributed by atoms with van der Waals surface area (Å²) in [6.45, 7) is 6.05. The third-order valence-electron chi connectivity index (χ3n) is 3.16. The molecule has 0 spiro atoms. The van der Waals surface area contributed by atoms with E-state index in [0.717, 1.165) is 24.1 Å². The maximum absolute atomic E-state index is 11.6. The number of aromatic amines is 1. The molecule has 0 bridgehead atoms. The first-order valence-electron chi connectivity index (χ1n) is 7.26. The van der Waals surface area contributed by atoms with Crippen molar-refractivity contribution in [3.63, 3.8) is 0 Å². The SMILES string of the molecule is CCCc1cc(=O)[nH]c(/N=C(\N)Nc2ccc(C)cc2C)n1. The Kier molecular flexibility index (Phi) is 4.93. The fourth-order valence-corrected chi connectivity index (χ4v) is 2.16. The highest BCUT2D eigenvalue weighted by Gasteiger charge is 2.03. The summed E-state index contributed by atoms with van der Waals surface area (Å²) in [7, 11) is 0. The molecule has 0 amide bonds. The van der Waals surface area contributed by atoms with Gasteiger partial charge in [0.1, 0.15) is 0 Å². The topological polar surface area (TPSA) is 96.2 Å². The molecule has 0 aliphatic carbocycles. The zero-order valence-corrected chi connectivity index (χ0v) is 13.1. The maximum atomic E-state index is 11.6. The minimum Gasteiger partial charge on any atom is -0.369 e. The molecule has 1 aromatic heterocycles. The largest absolute Gasteiger partial charge is 0.369 e. The molecule has 0 atom stereocenters. The van der Waals surface area contributed by atoms with Gasteiger partial charge >= 0.3 is 0 Å². The van der Waals surface area contributed by atoms with E-state index < -0.39 is 0 Å². The summed E-state index contributed by atoms with van der Waals surface area (Å²) in [6, 6.07) is 7.47. The Morgan fingerprint density at radius 3 is 2.82 bits per heavy atom. The van der Waals surface area contributed by atoms with Crippen molar-refractivity contribution in [2.75, 3.05) is 5.32 Å². The highest BCUT2D eigenvalue weighted by Crippen LogP contribution is 2.16. The summed E-state index contributed by atoms with van der Waals surface area (Å²) in [5, 5.41) is 3.02. The van der Waals surface area contributed by atoms with Crippen molar-refractivity contribution in [1.82, 2.24) is 9.97 Å². The lowest BCUT2D eigenvalue weighted by Crippen LogP contribution is -2.23. The summed E-state index contributed by atoms with van der Waals surface area (Å²) in [5.74, 6) is 0.398. The van der Waals surface area contributed by atoms with E-state index in [4.69, 9.17) is 5.73 Å². The number of hydrogen-bond donors (Lipinski definition) is 3. The Morgan fingerprint density at radius 1 is 1.36 bits per heavy atom. The first-order valence-corrected chi connectivity index (χ1v) is 7.26. The number of H-pyrrole nitrogens is 1. The zero-order valence-electron chi connectivity index (χ0n) is 13.1. The smallest absolute Gasteiger partial charge is 0.252 e. The molecule has 6 heteroatoms. The Bertz CT molecular complexity index is 748. The number of aliphatic imine (C=N–C) groups is 1. The molecule has 116 valence electrons. The van der Waals surface area contributed by atoms with Gasteiger partial charge < -0.3 is 11.1 Å². The van der Waals surface area contributed by atoms with E-state index in [0.29, 0.717) is 5.69 Å². The van der Waals surface area contributed by atoms with E-state index in [1.54, 1.807) is 0 Å². The molecule has 0 radical (unpaired) electrons. The highest BCUT2D eigenvalue weighted by atomic mass is 16.1. The van der Waals surface area contributed by atoms with Crippen LogP contribution in [0, 0.1) is 13.8 Å². The van der Waals surface area contributed by atoms with Gasteiger partial charge in [0.05, 0.1) is 0 Å². The lowest BCUT2D eigenvalue weighted by molar-refractivity contribution is 0.866. The molecule has 6 nitrogen and oxygen atoms in total. The van der Waals surface area contributed by atoms with Crippen LogP contribution < -0.4 is 16.6 Å². The van der Waals surface area contributed by atoms with E-state index in [-0.39, 0.29) is 17.5 Å². The van der Waals surface area contributed by atoms with Crippen molar-refractivity contribution in [2.45, 2.75) is 33.6 Å². The Morgan fingerprint density at radius 2 is 2.14 bits per heavy atom. The number of hydrogen-bond acceptors (Lipinski definition) is 3. The van der Waals surface area contributed by atoms with Gasteiger partial charge in [0, 0.05) is 17.4 Å². The molecule has 2 rings (SSSR count). The standard InChI is InChI=1S/C16H21N5O/c1-4-5-12-9-14(22)20-16(18-12)21-15(17)19-13-7-6-10(2)8-11(13)3/h6-9H,4-5H2,1-3H3,(H4,17,18,19,20,21,22). The molecule has 4 N–H and O–H groups in total. The predicted molar refractivity (Wildman–Crippen MR) is 89.7 cm³/mol. The minimum absolute atomic E-state index is 0.184. The number of aromatic nitrogens is 2. The van der Waals surface area contributed by atoms with Gasteiger partial charge in [-0.2, -0.15) is 4.99 Å². The first kappa shape index (κ1) is 15.8. The van der Waals surface area contributed by atoms with Gasteiger partial charge in [-0.25, -0.2) is 4.98 Å². The molecule has 0 fully saturated rings. The van der Waals surface area contributed by atoms with Crippen LogP contribution in [-0.2, 0) is 6.42 Å². The first-order chi connectivity index (χ1) is 10.5. The van der Waals surface area contributed by atoms with Crippen LogP contribution in [0.25, 0.3) is 0 Å². The monoisotopic (exact) mass is 299 g/mol. The van der Waals surface area contributed by atoms with Crippen LogP contribution >= 0.6 is 0 Å². The van der Waals surface area contributed by atoms with Crippen molar-refractivity contribution < 1.29 is 0 Å². The van der Waals surface area contributed by atoms with Gasteiger partial charge in [-0.3, -0.25) is 9.78 Å². The van der Waals surface area contributed by atoms with E-state index in [9.17, 15) is 4.79 Å². The zero-order chi connectivity index (χ0) is 16.1. The summed E-state index contributed by atoms with van der Waals surface area (Å²) >= 11 is 0. The van der Waals surface area contributed by atoms with Gasteiger partial charge in [-0.1, -0.05) is 31.0 Å². The highest BCUT2D eigenvalue weighted by molar-refractivity contribution is 5.94. The van der Waals surface area contributed by atoms with E-state index in [1.807, 2.05) is 32.9 Å². The quantitative estimate of drug-likeness (QED) is 0.596. The molecule has 1 aromatic carbocycles. The van der Waals surface area contributed by atoms with Crippen molar-refractivity contribution in [1.29, 1.82) is 0 Å². The number of nitrogens with one attached hydrogen (secondary N) is 2. The lowest BCUT2D eigenvalue weighted by atomic mass is 10.1. The van der Waals surface area contributed by atoms with Crippen molar-refractivity contribution >= 4 is 17.6 Å². The average molecular weight is 299 g/mol. The normalized spacial score (nSPS) is 11.5. The number of nitrogens with two attached hydrogens (primary N) is 1. The molecule has 0 saturated carbocycles. The van der Waals surface area contributed by atoms with Crippen molar-refractivity contribution in [3.8, 4) is 0 Å². The van der Waals surface area contributed by atoms with E-state index in [2.05, 4.69) is 26.3 Å². The van der Waals surface area contributed by atoms with E-state index in [1.165, 1.54) is 11.6 Å². The van der Waals surface area contributed by atoms with Crippen LogP contribution in [0.1, 0.15) is 30.2 Å². The molecule has 0 aliphatic heterocycles. The minimum atomic E-state index is -0.225. The Hall–Kier alpha value is -2.63. The maximum Gasteiger partial charge on any atom is 0.252 e. The predicted octanol–water partition coefficient (Wildman–Crippen LogP) is 2.40. The van der Waals surface area contributed by atoms with Gasteiger partial charge in [-0.05, 0) is 31.9 Å².